The third-order valence-corrected chi connectivity index (χ3v) is 1.99. The average Bonchev–Trinajstić information content (AvgIpc) is 2.60. The summed E-state index contributed by atoms with van der Waals surface area (Å²) in [6.45, 7) is 4.01. The maximum absolute atomic E-state index is 11.3. The molecule has 0 bridgehead atoms. The second kappa shape index (κ2) is 3.73. The average molecular weight is 205 g/mol. The summed E-state index contributed by atoms with van der Waals surface area (Å²) in [5.41, 5.74) is 2.35. The standard InChI is InChI=1S/C11H11NO3/c1-3-14-11(13)10-12-8-6-7(2)4-5-9(8)15-10/h4-6H,3H2,1-2H3. The Labute approximate surface area is 86.9 Å². The number of esters is 1. The van der Waals surface area contributed by atoms with Gasteiger partial charge in [-0.15, -0.1) is 0 Å². The summed E-state index contributed by atoms with van der Waals surface area (Å²) in [7, 11) is 0. The molecular weight excluding hydrogens is 194 g/mol. The third-order valence-electron chi connectivity index (χ3n) is 1.99. The minimum Gasteiger partial charge on any atom is -0.459 e. The summed E-state index contributed by atoms with van der Waals surface area (Å²) < 4.78 is 10.0. The maximum atomic E-state index is 11.3. The second-order valence-corrected chi connectivity index (χ2v) is 3.21. The molecule has 1 aromatic heterocycles. The predicted molar refractivity (Wildman–Crippen MR) is 54.7 cm³/mol. The van der Waals surface area contributed by atoms with Crippen LogP contribution in [-0.2, 0) is 4.74 Å². The number of carbonyl (C=O) groups excluding carboxylic acids is 1. The Kier molecular flexibility index (Phi) is 2.41. The van der Waals surface area contributed by atoms with Gasteiger partial charge in [0.25, 0.3) is 0 Å². The second-order valence-electron chi connectivity index (χ2n) is 3.21. The van der Waals surface area contributed by atoms with Gasteiger partial charge in [0.15, 0.2) is 5.58 Å². The zero-order chi connectivity index (χ0) is 10.8. The molecule has 0 saturated carbocycles. The van der Waals surface area contributed by atoms with Crippen LogP contribution in [0.1, 0.15) is 23.2 Å². The number of benzene rings is 1. The summed E-state index contributed by atoms with van der Waals surface area (Å²) in [5, 5.41) is 0. The van der Waals surface area contributed by atoms with Crippen LogP contribution in [0.15, 0.2) is 22.6 Å². The van der Waals surface area contributed by atoms with E-state index >= 15 is 0 Å². The summed E-state index contributed by atoms with van der Waals surface area (Å²) in [6, 6.07) is 5.56. The molecule has 0 atom stereocenters. The zero-order valence-electron chi connectivity index (χ0n) is 8.61. The van der Waals surface area contributed by atoms with Crippen molar-refractivity contribution in [2.45, 2.75) is 13.8 Å². The molecule has 0 radical (unpaired) electrons. The first-order valence-corrected chi connectivity index (χ1v) is 4.75. The van der Waals surface area contributed by atoms with Gasteiger partial charge in [-0.05, 0) is 31.5 Å². The van der Waals surface area contributed by atoms with E-state index in [9.17, 15) is 4.79 Å². The van der Waals surface area contributed by atoms with E-state index < -0.39 is 5.97 Å². The Morgan fingerprint density at radius 2 is 2.33 bits per heavy atom. The Balaban J connectivity index is 2.42. The Bertz CT molecular complexity index is 502. The van der Waals surface area contributed by atoms with Gasteiger partial charge >= 0.3 is 11.9 Å². The molecule has 0 amide bonds. The van der Waals surface area contributed by atoms with E-state index in [-0.39, 0.29) is 5.89 Å². The van der Waals surface area contributed by atoms with Crippen LogP contribution in [0.2, 0.25) is 0 Å². The van der Waals surface area contributed by atoms with Crippen LogP contribution in [0.4, 0.5) is 0 Å². The lowest BCUT2D eigenvalue weighted by molar-refractivity contribution is 0.0483. The van der Waals surface area contributed by atoms with Crippen molar-refractivity contribution in [2.75, 3.05) is 6.61 Å². The molecule has 2 rings (SSSR count). The summed E-state index contributed by atoms with van der Waals surface area (Å²) >= 11 is 0. The fraction of sp³-hybridized carbons (Fsp3) is 0.273. The number of rotatable bonds is 2. The van der Waals surface area contributed by atoms with Gasteiger partial charge in [0, 0.05) is 0 Å². The van der Waals surface area contributed by atoms with Crippen molar-refractivity contribution >= 4 is 17.1 Å². The summed E-state index contributed by atoms with van der Waals surface area (Å²) in [4.78, 5) is 15.4. The normalized spacial score (nSPS) is 10.5. The smallest absolute Gasteiger partial charge is 0.394 e. The molecule has 0 N–H and O–H groups in total. The van der Waals surface area contributed by atoms with Crippen LogP contribution in [0, 0.1) is 6.92 Å². The number of aromatic nitrogens is 1. The lowest BCUT2D eigenvalue weighted by Gasteiger charge is -1.94. The van der Waals surface area contributed by atoms with E-state index in [4.69, 9.17) is 9.15 Å². The van der Waals surface area contributed by atoms with E-state index in [1.54, 1.807) is 13.0 Å². The molecule has 78 valence electrons. The topological polar surface area (TPSA) is 52.3 Å². The largest absolute Gasteiger partial charge is 0.459 e. The van der Waals surface area contributed by atoms with Crippen LogP contribution in [-0.4, -0.2) is 17.6 Å². The molecule has 0 unspecified atom stereocenters. The van der Waals surface area contributed by atoms with Crippen LogP contribution < -0.4 is 0 Å². The summed E-state index contributed by atoms with van der Waals surface area (Å²) in [5.74, 6) is -0.510. The van der Waals surface area contributed by atoms with Gasteiger partial charge in [0.05, 0.1) is 6.61 Å². The molecule has 0 aliphatic carbocycles. The first kappa shape index (κ1) is 9.71. The molecule has 1 aromatic carbocycles. The molecule has 0 saturated heterocycles. The van der Waals surface area contributed by atoms with Crippen LogP contribution in [0.25, 0.3) is 11.1 Å². The molecule has 0 aliphatic heterocycles. The molecule has 4 nitrogen and oxygen atoms in total. The number of aryl methyl sites for hydroxylation is 1. The van der Waals surface area contributed by atoms with Crippen molar-refractivity contribution in [3.8, 4) is 0 Å². The van der Waals surface area contributed by atoms with Gasteiger partial charge in [-0.3, -0.25) is 0 Å². The van der Waals surface area contributed by atoms with E-state index in [1.165, 1.54) is 0 Å². The fourth-order valence-electron chi connectivity index (χ4n) is 1.32. The first-order valence-electron chi connectivity index (χ1n) is 4.75. The number of ether oxygens (including phenoxy) is 1. The monoisotopic (exact) mass is 205 g/mol. The number of hydrogen-bond donors (Lipinski definition) is 0. The van der Waals surface area contributed by atoms with Gasteiger partial charge in [-0.25, -0.2) is 9.78 Å². The van der Waals surface area contributed by atoms with Gasteiger partial charge in [0.1, 0.15) is 5.52 Å². The maximum Gasteiger partial charge on any atom is 0.394 e. The van der Waals surface area contributed by atoms with Crippen molar-refractivity contribution in [2.24, 2.45) is 0 Å². The van der Waals surface area contributed by atoms with Crippen LogP contribution in [0.5, 0.6) is 0 Å². The Hall–Kier alpha value is -1.84. The molecule has 1 heterocycles. The number of oxazole rings is 1. The SMILES string of the molecule is CCOC(=O)c1nc2cc(C)ccc2o1. The Morgan fingerprint density at radius 3 is 3.07 bits per heavy atom. The van der Waals surface area contributed by atoms with Crippen molar-refractivity contribution < 1.29 is 13.9 Å². The van der Waals surface area contributed by atoms with Crippen LogP contribution in [0.3, 0.4) is 0 Å². The highest BCUT2D eigenvalue weighted by atomic mass is 16.5. The fourth-order valence-corrected chi connectivity index (χ4v) is 1.32. The first-order chi connectivity index (χ1) is 7.20. The molecule has 15 heavy (non-hydrogen) atoms. The third kappa shape index (κ3) is 1.83. The van der Waals surface area contributed by atoms with Gasteiger partial charge < -0.3 is 9.15 Å². The van der Waals surface area contributed by atoms with Gasteiger partial charge in [-0.1, -0.05) is 6.07 Å². The highest BCUT2D eigenvalue weighted by Crippen LogP contribution is 2.17. The number of fused-ring (bicyclic) bond motifs is 1. The Morgan fingerprint density at radius 1 is 1.53 bits per heavy atom. The lowest BCUT2D eigenvalue weighted by atomic mass is 10.2. The zero-order valence-corrected chi connectivity index (χ0v) is 8.61. The highest BCUT2D eigenvalue weighted by Gasteiger charge is 2.14. The highest BCUT2D eigenvalue weighted by molar-refractivity contribution is 5.88. The van der Waals surface area contributed by atoms with E-state index in [0.29, 0.717) is 17.7 Å². The molecule has 0 fully saturated rings. The summed E-state index contributed by atoms with van der Waals surface area (Å²) in [6.07, 6.45) is 0. The van der Waals surface area contributed by atoms with Gasteiger partial charge in [0.2, 0.25) is 0 Å². The van der Waals surface area contributed by atoms with Gasteiger partial charge in [-0.2, -0.15) is 0 Å². The predicted octanol–water partition coefficient (Wildman–Crippen LogP) is 2.31. The molecule has 2 aromatic rings. The molecular formula is C11H11NO3. The molecule has 0 spiro atoms. The minimum atomic E-state index is -0.522. The van der Waals surface area contributed by atoms with Crippen molar-refractivity contribution in [1.82, 2.24) is 4.98 Å². The van der Waals surface area contributed by atoms with Crippen molar-refractivity contribution in [3.63, 3.8) is 0 Å². The van der Waals surface area contributed by atoms with E-state index in [2.05, 4.69) is 4.98 Å². The molecule has 4 heteroatoms. The number of hydrogen-bond acceptors (Lipinski definition) is 4. The lowest BCUT2D eigenvalue weighted by Crippen LogP contribution is -2.04. The van der Waals surface area contributed by atoms with E-state index in [0.717, 1.165) is 5.56 Å². The van der Waals surface area contributed by atoms with Crippen molar-refractivity contribution in [3.05, 3.63) is 29.7 Å². The van der Waals surface area contributed by atoms with E-state index in [1.807, 2.05) is 19.1 Å². The minimum absolute atomic E-state index is 0.0115. The number of carbonyl (C=O) groups is 1. The van der Waals surface area contributed by atoms with Crippen LogP contribution >= 0.6 is 0 Å². The quantitative estimate of drug-likeness (QED) is 0.706. The van der Waals surface area contributed by atoms with Crippen molar-refractivity contribution in [1.29, 1.82) is 0 Å². The number of nitrogens with zero attached hydrogens (tertiary/aromatic N) is 1. The molecule has 0 aliphatic rings.